The maximum absolute atomic E-state index is 12.8. The summed E-state index contributed by atoms with van der Waals surface area (Å²) in [5.41, 5.74) is 2.24. The standard InChI is InChI=1S/C33H30N6O7S2/c34-22-27-29(24-14-6-3-7-15-24)36-33(37-30(27)35-25-16-8-4-9-17-25)47-23-28(40)44-20-12-1-2-13-21-45-31-32(39(41)46-38-31)48(42,43)26-18-10-5-11-19-26/h3-11,14-19H,1-2,12-13,20-21,23H2,(H,35,36,37). The number of ether oxygens (including phenoxy) is 2. The Balaban J connectivity index is 1.07. The van der Waals surface area contributed by atoms with Crippen molar-refractivity contribution in [1.82, 2.24) is 15.1 Å². The van der Waals surface area contributed by atoms with Crippen molar-refractivity contribution < 1.29 is 32.2 Å². The molecule has 2 aromatic heterocycles. The van der Waals surface area contributed by atoms with Crippen LogP contribution in [-0.4, -0.2) is 48.5 Å². The second-order valence-corrected chi connectivity index (χ2v) is 13.0. The molecule has 13 nitrogen and oxygen atoms in total. The van der Waals surface area contributed by atoms with E-state index < -0.39 is 26.7 Å². The lowest BCUT2D eigenvalue weighted by molar-refractivity contribution is -0.832. The Bertz CT molecular complexity index is 1970. The zero-order valence-corrected chi connectivity index (χ0v) is 27.2. The molecule has 5 aromatic rings. The van der Waals surface area contributed by atoms with E-state index >= 15 is 0 Å². The molecule has 0 saturated carbocycles. The van der Waals surface area contributed by atoms with Gasteiger partial charge >= 0.3 is 16.9 Å². The van der Waals surface area contributed by atoms with Crippen LogP contribution < -0.4 is 15.0 Å². The van der Waals surface area contributed by atoms with Gasteiger partial charge in [-0.3, -0.25) is 9.42 Å². The number of rotatable bonds is 16. The number of carbonyl (C=O) groups excluding carboxylic acids is 1. The number of thioether (sulfide) groups is 1. The number of esters is 1. The molecule has 0 fully saturated rings. The predicted octanol–water partition coefficient (Wildman–Crippen LogP) is 5.49. The van der Waals surface area contributed by atoms with Crippen LogP contribution in [0, 0.1) is 16.5 Å². The maximum atomic E-state index is 12.8. The predicted molar refractivity (Wildman–Crippen MR) is 175 cm³/mol. The van der Waals surface area contributed by atoms with Gasteiger partial charge in [0.05, 0.1) is 34.7 Å². The highest BCUT2D eigenvalue weighted by atomic mass is 32.2. The zero-order chi connectivity index (χ0) is 33.8. The Hall–Kier alpha value is -5.46. The molecule has 0 aliphatic heterocycles. The van der Waals surface area contributed by atoms with Crippen LogP contribution in [-0.2, 0) is 19.4 Å². The third kappa shape index (κ3) is 8.66. The molecular weight excluding hydrogens is 657 g/mol. The average molecular weight is 687 g/mol. The molecular formula is C33H30N6O7S2. The lowest BCUT2D eigenvalue weighted by Crippen LogP contribution is -2.30. The summed E-state index contributed by atoms with van der Waals surface area (Å²) in [4.78, 5) is 21.4. The van der Waals surface area contributed by atoms with Crippen LogP contribution in [0.5, 0.6) is 5.88 Å². The molecule has 0 spiro atoms. The number of anilines is 2. The first-order valence-corrected chi connectivity index (χ1v) is 17.3. The second kappa shape index (κ2) is 16.4. The van der Waals surface area contributed by atoms with Crippen LogP contribution in [0.1, 0.15) is 31.2 Å². The van der Waals surface area contributed by atoms with Gasteiger partial charge in [0, 0.05) is 11.3 Å². The third-order valence-corrected chi connectivity index (χ3v) is 9.34. The van der Waals surface area contributed by atoms with E-state index in [-0.39, 0.29) is 34.3 Å². The van der Waals surface area contributed by atoms with E-state index in [9.17, 15) is 23.7 Å². The fraction of sp³-hybridized carbons (Fsp3) is 0.212. The van der Waals surface area contributed by atoms with Gasteiger partial charge in [-0.1, -0.05) is 78.5 Å². The van der Waals surface area contributed by atoms with Crippen LogP contribution in [0.4, 0.5) is 11.5 Å². The van der Waals surface area contributed by atoms with Crippen LogP contribution in [0.25, 0.3) is 11.3 Å². The van der Waals surface area contributed by atoms with E-state index in [0.29, 0.717) is 42.4 Å². The number of para-hydroxylation sites is 1. The SMILES string of the molecule is N#Cc1c(Nc2ccccc2)nc(SCC(=O)OCCCCCCOc2no[n+]([O-])c2S(=O)(=O)c2ccccc2)nc1-c1ccccc1. The van der Waals surface area contributed by atoms with Gasteiger partial charge in [-0.15, -0.1) is 0 Å². The molecule has 0 saturated heterocycles. The van der Waals surface area contributed by atoms with E-state index in [1.807, 2.05) is 60.7 Å². The number of hydrogen-bond donors (Lipinski definition) is 1. The van der Waals surface area contributed by atoms with E-state index in [0.717, 1.165) is 23.0 Å². The van der Waals surface area contributed by atoms with Gasteiger partial charge < -0.3 is 20.0 Å². The summed E-state index contributed by atoms with van der Waals surface area (Å²) in [6.45, 7) is 0.320. The molecule has 246 valence electrons. The number of nitriles is 1. The van der Waals surface area contributed by atoms with E-state index in [4.69, 9.17) is 9.47 Å². The largest absolute Gasteiger partial charge is 0.465 e. The number of nitrogens with one attached hydrogen (secondary N) is 1. The van der Waals surface area contributed by atoms with Crippen molar-refractivity contribution in [3.05, 3.63) is 102 Å². The molecule has 15 heteroatoms. The summed E-state index contributed by atoms with van der Waals surface area (Å²) in [6.07, 6.45) is 2.55. The molecule has 2 heterocycles. The highest BCUT2D eigenvalue weighted by molar-refractivity contribution is 7.99. The monoisotopic (exact) mass is 686 g/mol. The molecule has 1 N–H and O–H groups in total. The average Bonchev–Trinajstić information content (AvgIpc) is 3.50. The van der Waals surface area contributed by atoms with Gasteiger partial charge in [0.2, 0.25) is 0 Å². The van der Waals surface area contributed by atoms with Crippen molar-refractivity contribution in [2.75, 3.05) is 24.3 Å². The minimum atomic E-state index is -4.18. The van der Waals surface area contributed by atoms with Crippen LogP contribution in [0.2, 0.25) is 0 Å². The minimum absolute atomic E-state index is 0.0234. The molecule has 3 aromatic carbocycles. The number of benzene rings is 3. The Kier molecular flexibility index (Phi) is 11.6. The smallest absolute Gasteiger partial charge is 0.414 e. The molecule has 0 radical (unpaired) electrons. The highest BCUT2D eigenvalue weighted by Gasteiger charge is 2.35. The number of aromatic nitrogens is 4. The highest BCUT2D eigenvalue weighted by Crippen LogP contribution is 2.31. The van der Waals surface area contributed by atoms with E-state index in [2.05, 4.69) is 31.1 Å². The molecule has 0 atom stereocenters. The van der Waals surface area contributed by atoms with Gasteiger partial charge in [-0.25, -0.2) is 18.4 Å². The number of nitrogens with zero attached hydrogens (tertiary/aromatic N) is 5. The van der Waals surface area contributed by atoms with E-state index in [1.54, 1.807) is 6.07 Å². The Morgan fingerprint density at radius 3 is 2.25 bits per heavy atom. The van der Waals surface area contributed by atoms with Crippen molar-refractivity contribution in [2.24, 2.45) is 0 Å². The minimum Gasteiger partial charge on any atom is -0.465 e. The third-order valence-electron chi connectivity index (χ3n) is 6.80. The van der Waals surface area contributed by atoms with Crippen LogP contribution >= 0.6 is 11.8 Å². The molecule has 0 amide bonds. The normalized spacial score (nSPS) is 11.1. The fourth-order valence-corrected chi connectivity index (χ4v) is 6.42. The Morgan fingerprint density at radius 1 is 0.917 bits per heavy atom. The summed E-state index contributed by atoms with van der Waals surface area (Å²) in [5, 5.41) is 28.2. The van der Waals surface area contributed by atoms with Gasteiger partial charge in [0.15, 0.2) is 11.0 Å². The maximum Gasteiger partial charge on any atom is 0.414 e. The van der Waals surface area contributed by atoms with Gasteiger partial charge in [-0.05, 0) is 54.9 Å². The quantitative estimate of drug-likeness (QED) is 0.0452. The first kappa shape index (κ1) is 33.9. The summed E-state index contributed by atoms with van der Waals surface area (Å²) < 4.78 is 41.0. The van der Waals surface area contributed by atoms with Crippen molar-refractivity contribution in [3.63, 3.8) is 0 Å². The van der Waals surface area contributed by atoms with E-state index in [1.165, 1.54) is 24.3 Å². The fourth-order valence-electron chi connectivity index (χ4n) is 4.48. The number of sulfone groups is 1. The molecule has 0 bridgehead atoms. The molecule has 5 rings (SSSR count). The van der Waals surface area contributed by atoms with Crippen molar-refractivity contribution in [2.45, 2.75) is 40.8 Å². The second-order valence-electron chi connectivity index (χ2n) is 10.2. The molecule has 0 aliphatic rings. The van der Waals surface area contributed by atoms with Crippen LogP contribution in [0.3, 0.4) is 0 Å². The molecule has 0 aliphatic carbocycles. The lowest BCUT2D eigenvalue weighted by atomic mass is 10.1. The summed E-state index contributed by atoms with van der Waals surface area (Å²) in [6, 6.07) is 28.3. The summed E-state index contributed by atoms with van der Waals surface area (Å²) in [7, 11) is -4.18. The topological polar surface area (TPSA) is 184 Å². The van der Waals surface area contributed by atoms with Crippen LogP contribution in [0.15, 0.2) is 111 Å². The summed E-state index contributed by atoms with van der Waals surface area (Å²) in [5.74, 6) is -0.517. The first-order chi connectivity index (χ1) is 23.4. The van der Waals surface area contributed by atoms with Gasteiger partial charge in [-0.2, -0.15) is 5.26 Å². The zero-order valence-electron chi connectivity index (χ0n) is 25.5. The number of hydrogen-bond acceptors (Lipinski definition) is 13. The Labute approximate surface area is 281 Å². The van der Waals surface area contributed by atoms with Crippen molar-refractivity contribution in [3.8, 4) is 23.2 Å². The molecule has 48 heavy (non-hydrogen) atoms. The number of carbonyl (C=O) groups is 1. The molecule has 0 unspecified atom stereocenters. The number of unbranched alkanes of at least 4 members (excludes halogenated alkanes) is 3. The van der Waals surface area contributed by atoms with Gasteiger partial charge in [0.25, 0.3) is 9.84 Å². The van der Waals surface area contributed by atoms with Gasteiger partial charge in [0.1, 0.15) is 11.6 Å². The summed E-state index contributed by atoms with van der Waals surface area (Å²) >= 11 is 1.11. The lowest BCUT2D eigenvalue weighted by Gasteiger charge is -2.13. The Morgan fingerprint density at radius 2 is 1.56 bits per heavy atom. The van der Waals surface area contributed by atoms with Crippen molar-refractivity contribution >= 4 is 39.1 Å². The first-order valence-electron chi connectivity index (χ1n) is 14.9. The van der Waals surface area contributed by atoms with Crippen molar-refractivity contribution in [1.29, 1.82) is 5.26 Å².